The molecule has 2 atom stereocenters. The summed E-state index contributed by atoms with van der Waals surface area (Å²) in [4.78, 5) is 24.3. The molecule has 5 rings (SSSR count). The Bertz CT molecular complexity index is 1240. The number of carbonyl (C=O) groups is 1. The van der Waals surface area contributed by atoms with E-state index in [9.17, 15) is 4.79 Å². The molecule has 2 N–H and O–H groups in total. The summed E-state index contributed by atoms with van der Waals surface area (Å²) in [6.45, 7) is 7.88. The standard InChI is InChI=1S/C26H33FN6O3/c1-4-29-26(34)19-12-20(35-3)24-23(22(19)27)31-25(33(24)15-18-14-28-9-11-36-18)17-7-8-21(30-13-17)32-10-5-6-16(32)2/h7-8,12-13,16,18,28H,4-6,9-11,14-15H2,1-3H3,(H,29,34)/t16-,18-/m0/s1. The molecule has 3 aromatic rings. The summed E-state index contributed by atoms with van der Waals surface area (Å²) in [5.41, 5.74) is 1.24. The molecule has 0 unspecified atom stereocenters. The number of pyridine rings is 1. The van der Waals surface area contributed by atoms with Crippen molar-refractivity contribution in [2.45, 2.75) is 45.4 Å². The van der Waals surface area contributed by atoms with E-state index in [2.05, 4.69) is 22.5 Å². The van der Waals surface area contributed by atoms with Crippen LogP contribution in [0.3, 0.4) is 0 Å². The topological polar surface area (TPSA) is 93.5 Å². The third-order valence-corrected chi connectivity index (χ3v) is 6.97. The molecule has 2 saturated heterocycles. The summed E-state index contributed by atoms with van der Waals surface area (Å²) in [5, 5.41) is 6.00. The zero-order chi connectivity index (χ0) is 25.2. The molecule has 0 radical (unpaired) electrons. The number of rotatable bonds is 7. The quantitative estimate of drug-likeness (QED) is 0.520. The average molecular weight is 497 g/mol. The average Bonchev–Trinajstić information content (AvgIpc) is 3.49. The first-order valence-electron chi connectivity index (χ1n) is 12.6. The Labute approximate surface area is 210 Å². The second kappa shape index (κ2) is 10.4. The van der Waals surface area contributed by atoms with Crippen LogP contribution in [0.4, 0.5) is 10.2 Å². The largest absolute Gasteiger partial charge is 0.494 e. The summed E-state index contributed by atoms with van der Waals surface area (Å²) < 4.78 is 29.2. The molecule has 10 heteroatoms. The Hall–Kier alpha value is -3.24. The lowest BCUT2D eigenvalue weighted by atomic mass is 10.1. The van der Waals surface area contributed by atoms with Crippen molar-refractivity contribution in [3.63, 3.8) is 0 Å². The monoisotopic (exact) mass is 496 g/mol. The van der Waals surface area contributed by atoms with E-state index in [0.717, 1.165) is 37.3 Å². The fourth-order valence-electron chi connectivity index (χ4n) is 5.12. The zero-order valence-corrected chi connectivity index (χ0v) is 21.0. The van der Waals surface area contributed by atoms with Crippen LogP contribution in [0.15, 0.2) is 24.4 Å². The van der Waals surface area contributed by atoms with Crippen LogP contribution in [0.1, 0.15) is 37.0 Å². The molecule has 1 amide bonds. The Morgan fingerprint density at radius 2 is 2.25 bits per heavy atom. The Morgan fingerprint density at radius 1 is 1.39 bits per heavy atom. The Morgan fingerprint density at radius 3 is 2.89 bits per heavy atom. The second-order valence-corrected chi connectivity index (χ2v) is 9.33. The van der Waals surface area contributed by atoms with Gasteiger partial charge < -0.3 is 29.6 Å². The van der Waals surface area contributed by atoms with Gasteiger partial charge in [-0.3, -0.25) is 4.79 Å². The number of nitrogens with zero attached hydrogens (tertiary/aromatic N) is 4. The van der Waals surface area contributed by atoms with Crippen LogP contribution in [0, 0.1) is 5.82 Å². The van der Waals surface area contributed by atoms with Crippen molar-refractivity contribution >= 4 is 22.8 Å². The number of halogens is 1. The predicted octanol–water partition coefficient (Wildman–Crippen LogP) is 2.97. The molecule has 2 aliphatic heterocycles. The van der Waals surface area contributed by atoms with Gasteiger partial charge in [0.25, 0.3) is 5.91 Å². The number of morpholine rings is 1. The Kier molecular flexibility index (Phi) is 7.06. The number of amides is 1. The molecule has 0 spiro atoms. The van der Waals surface area contributed by atoms with Gasteiger partial charge in [-0.25, -0.2) is 14.4 Å². The number of anilines is 1. The van der Waals surface area contributed by atoms with Crippen LogP contribution < -0.4 is 20.3 Å². The molecule has 4 heterocycles. The number of nitrogens with one attached hydrogen (secondary N) is 2. The number of benzene rings is 1. The molecule has 2 aliphatic rings. The number of aromatic nitrogens is 3. The molecule has 0 bridgehead atoms. The maximum Gasteiger partial charge on any atom is 0.254 e. The highest BCUT2D eigenvalue weighted by Crippen LogP contribution is 2.35. The highest BCUT2D eigenvalue weighted by molar-refractivity contribution is 6.00. The van der Waals surface area contributed by atoms with E-state index in [4.69, 9.17) is 19.4 Å². The van der Waals surface area contributed by atoms with Gasteiger partial charge in [0.05, 0.1) is 31.9 Å². The summed E-state index contributed by atoms with van der Waals surface area (Å²) in [6.07, 6.45) is 3.97. The van der Waals surface area contributed by atoms with Crippen molar-refractivity contribution in [1.82, 2.24) is 25.2 Å². The van der Waals surface area contributed by atoms with Gasteiger partial charge in [0, 0.05) is 44.0 Å². The van der Waals surface area contributed by atoms with Crippen LogP contribution >= 0.6 is 0 Å². The van der Waals surface area contributed by atoms with Gasteiger partial charge >= 0.3 is 0 Å². The number of imidazole rings is 1. The molecular formula is C26H33FN6O3. The van der Waals surface area contributed by atoms with Crippen molar-refractivity contribution in [2.75, 3.05) is 44.8 Å². The first-order valence-corrected chi connectivity index (χ1v) is 12.6. The van der Waals surface area contributed by atoms with E-state index in [-0.39, 0.29) is 17.2 Å². The number of methoxy groups -OCH3 is 1. The first-order chi connectivity index (χ1) is 17.5. The smallest absolute Gasteiger partial charge is 0.254 e. The van der Waals surface area contributed by atoms with Crippen LogP contribution in [0.2, 0.25) is 0 Å². The summed E-state index contributed by atoms with van der Waals surface area (Å²) in [6, 6.07) is 5.86. The van der Waals surface area contributed by atoms with Crippen molar-refractivity contribution in [3.05, 3.63) is 35.8 Å². The second-order valence-electron chi connectivity index (χ2n) is 9.33. The van der Waals surface area contributed by atoms with Crippen molar-refractivity contribution in [1.29, 1.82) is 0 Å². The SMILES string of the molecule is CCNC(=O)c1cc(OC)c2c(nc(-c3ccc(N4CCC[C@@H]4C)nc3)n2C[C@@H]2CNCCO2)c1F. The zero-order valence-electron chi connectivity index (χ0n) is 21.0. The van der Waals surface area contributed by atoms with E-state index in [1.54, 1.807) is 13.1 Å². The normalized spacial score (nSPS) is 20.2. The molecule has 0 saturated carbocycles. The molecule has 192 valence electrons. The van der Waals surface area contributed by atoms with Gasteiger partial charge in [-0.15, -0.1) is 0 Å². The third kappa shape index (κ3) is 4.51. The van der Waals surface area contributed by atoms with Gasteiger partial charge in [-0.1, -0.05) is 0 Å². The summed E-state index contributed by atoms with van der Waals surface area (Å²) >= 11 is 0. The van der Waals surface area contributed by atoms with Gasteiger partial charge in [0.2, 0.25) is 0 Å². The number of hydrogen-bond donors (Lipinski definition) is 2. The highest BCUT2D eigenvalue weighted by atomic mass is 19.1. The molecule has 0 aliphatic carbocycles. The van der Waals surface area contributed by atoms with Crippen LogP contribution in [-0.2, 0) is 11.3 Å². The number of carbonyl (C=O) groups excluding carboxylic acids is 1. The van der Waals surface area contributed by atoms with Crippen LogP contribution in [-0.4, -0.2) is 72.5 Å². The highest BCUT2D eigenvalue weighted by Gasteiger charge is 2.27. The van der Waals surface area contributed by atoms with Gasteiger partial charge in [-0.2, -0.15) is 0 Å². The molecule has 1 aromatic carbocycles. The third-order valence-electron chi connectivity index (χ3n) is 6.97. The Balaban J connectivity index is 1.63. The first kappa shape index (κ1) is 24.5. The van der Waals surface area contributed by atoms with E-state index in [0.29, 0.717) is 49.4 Å². The van der Waals surface area contributed by atoms with Crippen molar-refractivity contribution < 1.29 is 18.7 Å². The van der Waals surface area contributed by atoms with E-state index < -0.39 is 11.7 Å². The van der Waals surface area contributed by atoms with Crippen LogP contribution in [0.5, 0.6) is 5.75 Å². The molecular weight excluding hydrogens is 463 g/mol. The molecule has 9 nitrogen and oxygen atoms in total. The molecule has 36 heavy (non-hydrogen) atoms. The van der Waals surface area contributed by atoms with Gasteiger partial charge in [-0.05, 0) is 44.9 Å². The summed E-state index contributed by atoms with van der Waals surface area (Å²) in [5.74, 6) is 0.684. The van der Waals surface area contributed by atoms with Crippen molar-refractivity contribution in [2.24, 2.45) is 0 Å². The van der Waals surface area contributed by atoms with E-state index in [1.165, 1.54) is 13.2 Å². The minimum absolute atomic E-state index is 0.0895. The lowest BCUT2D eigenvalue weighted by Crippen LogP contribution is -2.40. The van der Waals surface area contributed by atoms with Gasteiger partial charge in [0.1, 0.15) is 28.4 Å². The molecule has 2 fully saturated rings. The van der Waals surface area contributed by atoms with Crippen LogP contribution in [0.25, 0.3) is 22.4 Å². The minimum Gasteiger partial charge on any atom is -0.494 e. The minimum atomic E-state index is -0.671. The van der Waals surface area contributed by atoms with Crippen molar-refractivity contribution in [3.8, 4) is 17.1 Å². The maximum absolute atomic E-state index is 15.7. The lowest BCUT2D eigenvalue weighted by Gasteiger charge is -2.25. The fourth-order valence-corrected chi connectivity index (χ4v) is 5.12. The number of hydrogen-bond acceptors (Lipinski definition) is 7. The van der Waals surface area contributed by atoms with E-state index >= 15 is 4.39 Å². The number of fused-ring (bicyclic) bond motifs is 1. The maximum atomic E-state index is 15.7. The molecule has 2 aromatic heterocycles. The van der Waals surface area contributed by atoms with E-state index in [1.807, 2.05) is 16.7 Å². The number of ether oxygens (including phenoxy) is 2. The lowest BCUT2D eigenvalue weighted by molar-refractivity contribution is 0.0191. The fraction of sp³-hybridized carbons (Fsp3) is 0.500. The van der Waals surface area contributed by atoms with Gasteiger partial charge in [0.15, 0.2) is 5.82 Å². The predicted molar refractivity (Wildman–Crippen MR) is 136 cm³/mol. The summed E-state index contributed by atoms with van der Waals surface area (Å²) in [7, 11) is 1.51.